The number of hydrogen-bond acceptors (Lipinski definition) is 4. The molecular formula is C13H19BrN2O3. The summed E-state index contributed by atoms with van der Waals surface area (Å²) in [5.74, 6) is 0.594. The second-order valence-corrected chi connectivity index (χ2v) is 5.03. The normalized spacial score (nSPS) is 12.1. The summed E-state index contributed by atoms with van der Waals surface area (Å²) in [7, 11) is 4.79. The number of rotatable bonds is 6. The summed E-state index contributed by atoms with van der Waals surface area (Å²) >= 11 is 3.41. The second-order valence-electron chi connectivity index (χ2n) is 4.11. The summed E-state index contributed by atoms with van der Waals surface area (Å²) in [6, 6.07) is 5.67. The molecule has 0 aromatic heterocycles. The van der Waals surface area contributed by atoms with E-state index in [1.54, 1.807) is 19.1 Å². The van der Waals surface area contributed by atoms with E-state index in [1.165, 1.54) is 7.11 Å². The third kappa shape index (κ3) is 4.19. The van der Waals surface area contributed by atoms with E-state index < -0.39 is 6.10 Å². The monoisotopic (exact) mass is 330 g/mol. The van der Waals surface area contributed by atoms with Crippen molar-refractivity contribution in [2.24, 2.45) is 5.73 Å². The number of nitrogens with zero attached hydrogens (tertiary/aromatic N) is 1. The van der Waals surface area contributed by atoms with Crippen LogP contribution >= 0.6 is 15.9 Å². The van der Waals surface area contributed by atoms with Crippen molar-refractivity contribution < 1.29 is 14.3 Å². The highest BCUT2D eigenvalue weighted by Crippen LogP contribution is 2.24. The van der Waals surface area contributed by atoms with Crippen molar-refractivity contribution in [1.29, 1.82) is 0 Å². The minimum absolute atomic E-state index is 0.146. The molecule has 1 rings (SSSR count). The van der Waals surface area contributed by atoms with Crippen LogP contribution in [0.15, 0.2) is 22.7 Å². The lowest BCUT2D eigenvalue weighted by atomic mass is 10.2. The van der Waals surface area contributed by atoms with Crippen LogP contribution in [0, 0.1) is 0 Å². The van der Waals surface area contributed by atoms with Gasteiger partial charge in [-0.1, -0.05) is 15.9 Å². The number of likely N-dealkylation sites (N-methyl/N-ethyl adjacent to an activating group) is 1. The highest BCUT2D eigenvalue weighted by molar-refractivity contribution is 9.10. The maximum atomic E-state index is 12.1. The van der Waals surface area contributed by atoms with Crippen LogP contribution in [0.5, 0.6) is 5.75 Å². The molecule has 1 aromatic carbocycles. The zero-order chi connectivity index (χ0) is 14.4. The van der Waals surface area contributed by atoms with E-state index in [4.69, 9.17) is 15.2 Å². The van der Waals surface area contributed by atoms with Crippen LogP contribution < -0.4 is 10.5 Å². The quantitative estimate of drug-likeness (QED) is 0.856. The number of ether oxygens (including phenoxy) is 2. The number of amides is 1. The van der Waals surface area contributed by atoms with Gasteiger partial charge in [-0.3, -0.25) is 4.79 Å². The molecule has 6 heteroatoms. The number of benzene rings is 1. The van der Waals surface area contributed by atoms with E-state index >= 15 is 0 Å². The number of carbonyl (C=O) groups excluding carboxylic acids is 1. The van der Waals surface area contributed by atoms with Crippen molar-refractivity contribution in [3.05, 3.63) is 28.2 Å². The van der Waals surface area contributed by atoms with E-state index in [0.717, 1.165) is 15.8 Å². The Balaban J connectivity index is 2.84. The topological polar surface area (TPSA) is 64.8 Å². The zero-order valence-electron chi connectivity index (χ0n) is 11.4. The first-order chi connectivity index (χ1) is 9.03. The Kier molecular flexibility index (Phi) is 6.27. The Morgan fingerprint density at radius 1 is 1.47 bits per heavy atom. The predicted octanol–water partition coefficient (Wildman–Crippen LogP) is 1.39. The fourth-order valence-electron chi connectivity index (χ4n) is 1.75. The summed E-state index contributed by atoms with van der Waals surface area (Å²) in [6.45, 7) is 0.594. The summed E-state index contributed by atoms with van der Waals surface area (Å²) in [5, 5.41) is 0. The number of nitrogens with two attached hydrogens (primary N) is 1. The minimum atomic E-state index is -0.608. The molecule has 1 aromatic rings. The lowest BCUT2D eigenvalue weighted by molar-refractivity contribution is -0.140. The molecule has 0 aliphatic heterocycles. The molecule has 0 bridgehead atoms. The third-order valence-corrected chi connectivity index (χ3v) is 3.29. The molecule has 0 heterocycles. The molecule has 0 spiro atoms. The largest absolute Gasteiger partial charge is 0.496 e. The van der Waals surface area contributed by atoms with Gasteiger partial charge in [-0.25, -0.2) is 0 Å². The second kappa shape index (κ2) is 7.47. The first kappa shape index (κ1) is 15.9. The van der Waals surface area contributed by atoms with Gasteiger partial charge in [0.1, 0.15) is 11.9 Å². The molecule has 0 fully saturated rings. The average Bonchev–Trinajstić information content (AvgIpc) is 2.40. The van der Waals surface area contributed by atoms with Crippen LogP contribution in [-0.2, 0) is 16.1 Å². The summed E-state index contributed by atoms with van der Waals surface area (Å²) < 4.78 is 11.3. The lowest BCUT2D eigenvalue weighted by Crippen LogP contribution is -2.41. The number of hydrogen-bond donors (Lipinski definition) is 1. The van der Waals surface area contributed by atoms with Gasteiger partial charge in [0.15, 0.2) is 0 Å². The van der Waals surface area contributed by atoms with Crippen molar-refractivity contribution in [2.75, 3.05) is 27.8 Å². The first-order valence-electron chi connectivity index (χ1n) is 5.83. The van der Waals surface area contributed by atoms with E-state index in [1.807, 2.05) is 18.2 Å². The number of methoxy groups -OCH3 is 2. The maximum absolute atomic E-state index is 12.1. The predicted molar refractivity (Wildman–Crippen MR) is 77.0 cm³/mol. The summed E-state index contributed by atoms with van der Waals surface area (Å²) in [5.41, 5.74) is 6.41. The van der Waals surface area contributed by atoms with E-state index in [-0.39, 0.29) is 12.5 Å². The molecular weight excluding hydrogens is 312 g/mol. The molecule has 1 atom stereocenters. The Bertz CT molecular complexity index is 436. The Labute approximate surface area is 121 Å². The fraction of sp³-hybridized carbons (Fsp3) is 0.462. The van der Waals surface area contributed by atoms with E-state index in [9.17, 15) is 4.79 Å². The van der Waals surface area contributed by atoms with Crippen LogP contribution in [0.25, 0.3) is 0 Å². The highest BCUT2D eigenvalue weighted by atomic mass is 79.9. The Morgan fingerprint density at radius 3 is 2.68 bits per heavy atom. The average molecular weight is 331 g/mol. The molecule has 0 saturated heterocycles. The van der Waals surface area contributed by atoms with E-state index in [2.05, 4.69) is 15.9 Å². The van der Waals surface area contributed by atoms with Gasteiger partial charge in [0.25, 0.3) is 5.91 Å². The zero-order valence-corrected chi connectivity index (χ0v) is 12.9. The van der Waals surface area contributed by atoms with Crippen LogP contribution in [0.3, 0.4) is 0 Å². The molecule has 0 radical (unpaired) electrons. The SMILES string of the molecule is COc1ccc(Br)cc1CN(C)C(=O)C(CN)OC. The molecule has 0 saturated carbocycles. The fourth-order valence-corrected chi connectivity index (χ4v) is 2.16. The van der Waals surface area contributed by atoms with Crippen molar-refractivity contribution in [2.45, 2.75) is 12.6 Å². The van der Waals surface area contributed by atoms with Crippen molar-refractivity contribution in [3.8, 4) is 5.75 Å². The molecule has 2 N–H and O–H groups in total. The third-order valence-electron chi connectivity index (χ3n) is 2.80. The van der Waals surface area contributed by atoms with Crippen LogP contribution in [0.2, 0.25) is 0 Å². The van der Waals surface area contributed by atoms with Crippen LogP contribution in [0.4, 0.5) is 0 Å². The van der Waals surface area contributed by atoms with Crippen molar-refractivity contribution >= 4 is 21.8 Å². The Morgan fingerprint density at radius 2 is 2.16 bits per heavy atom. The molecule has 1 unspecified atom stereocenters. The van der Waals surface area contributed by atoms with Crippen LogP contribution in [-0.4, -0.2) is 44.7 Å². The van der Waals surface area contributed by atoms with Gasteiger partial charge in [0, 0.05) is 37.3 Å². The maximum Gasteiger partial charge on any atom is 0.253 e. The van der Waals surface area contributed by atoms with Gasteiger partial charge < -0.3 is 20.1 Å². The molecule has 5 nitrogen and oxygen atoms in total. The number of halogens is 1. The minimum Gasteiger partial charge on any atom is -0.496 e. The molecule has 1 amide bonds. The van der Waals surface area contributed by atoms with Crippen molar-refractivity contribution in [1.82, 2.24) is 4.90 Å². The summed E-state index contributed by atoms with van der Waals surface area (Å²) in [4.78, 5) is 13.6. The Hall–Kier alpha value is -1.11. The molecule has 19 heavy (non-hydrogen) atoms. The van der Waals surface area contributed by atoms with Crippen LogP contribution in [0.1, 0.15) is 5.56 Å². The summed E-state index contributed by atoms with van der Waals surface area (Å²) in [6.07, 6.45) is -0.608. The molecule has 0 aliphatic carbocycles. The molecule has 0 aliphatic rings. The lowest BCUT2D eigenvalue weighted by Gasteiger charge is -2.23. The van der Waals surface area contributed by atoms with Gasteiger partial charge in [-0.2, -0.15) is 0 Å². The smallest absolute Gasteiger partial charge is 0.253 e. The highest BCUT2D eigenvalue weighted by Gasteiger charge is 2.21. The molecule has 106 valence electrons. The van der Waals surface area contributed by atoms with Gasteiger partial charge in [-0.05, 0) is 18.2 Å². The van der Waals surface area contributed by atoms with Gasteiger partial charge in [-0.15, -0.1) is 0 Å². The standard InChI is InChI=1S/C13H19BrN2O3/c1-16(13(17)12(7-15)19-3)8-9-6-10(14)4-5-11(9)18-2/h4-6,12H,7-8,15H2,1-3H3. The van der Waals surface area contributed by atoms with Gasteiger partial charge in [0.05, 0.1) is 7.11 Å². The van der Waals surface area contributed by atoms with E-state index in [0.29, 0.717) is 6.54 Å². The number of carbonyl (C=O) groups is 1. The first-order valence-corrected chi connectivity index (χ1v) is 6.63. The van der Waals surface area contributed by atoms with Crippen molar-refractivity contribution in [3.63, 3.8) is 0 Å². The van der Waals surface area contributed by atoms with Gasteiger partial charge in [0.2, 0.25) is 0 Å². The van der Waals surface area contributed by atoms with Gasteiger partial charge >= 0.3 is 0 Å².